The Kier molecular flexibility index (Phi) is 2.11. The summed E-state index contributed by atoms with van der Waals surface area (Å²) in [7, 11) is 1.76. The first kappa shape index (κ1) is 10.2. The average Bonchev–Trinajstić information content (AvgIpc) is 2.64. The van der Waals surface area contributed by atoms with Crippen LogP contribution in [-0.2, 0) is 13.5 Å². The Labute approximate surface area is 98.4 Å². The maximum atomic E-state index is 11.1. The molecule has 0 unspecified atom stereocenters. The third-order valence-corrected chi connectivity index (χ3v) is 3.29. The van der Waals surface area contributed by atoms with E-state index in [1.165, 1.54) is 5.56 Å². The normalized spacial score (nSPS) is 14.4. The Morgan fingerprint density at radius 1 is 1.41 bits per heavy atom. The number of fused-ring (bicyclic) bond motifs is 2. The summed E-state index contributed by atoms with van der Waals surface area (Å²) in [6.45, 7) is 0.745. The van der Waals surface area contributed by atoms with Gasteiger partial charge < -0.3 is 14.4 Å². The molecule has 1 aliphatic rings. The number of carboxylic acids is 1. The van der Waals surface area contributed by atoms with Crippen LogP contribution in [0.25, 0.3) is 10.9 Å². The highest BCUT2D eigenvalue weighted by atomic mass is 16.5. The molecule has 3 rings (SSSR count). The molecule has 4 heteroatoms. The lowest BCUT2D eigenvalue weighted by molar-refractivity contribution is 0.0687. The summed E-state index contributed by atoms with van der Waals surface area (Å²) in [4.78, 5) is 11.1. The fraction of sp³-hybridized carbons (Fsp3) is 0.308. The molecule has 0 radical (unpaired) electrons. The maximum absolute atomic E-state index is 11.1. The molecule has 0 amide bonds. The van der Waals surface area contributed by atoms with E-state index in [9.17, 15) is 4.79 Å². The van der Waals surface area contributed by atoms with E-state index in [-0.39, 0.29) is 0 Å². The molecule has 1 aromatic heterocycles. The molecular weight excluding hydrogens is 218 g/mol. The molecule has 0 atom stereocenters. The molecule has 0 spiro atoms. The van der Waals surface area contributed by atoms with Gasteiger partial charge in [-0.2, -0.15) is 0 Å². The minimum atomic E-state index is -0.900. The summed E-state index contributed by atoms with van der Waals surface area (Å²) >= 11 is 0. The van der Waals surface area contributed by atoms with Gasteiger partial charge in [0.15, 0.2) is 0 Å². The molecule has 0 aliphatic carbocycles. The van der Waals surface area contributed by atoms with Gasteiger partial charge in [-0.3, -0.25) is 0 Å². The maximum Gasteiger partial charge on any atom is 0.352 e. The van der Waals surface area contributed by atoms with Crippen molar-refractivity contribution in [2.75, 3.05) is 6.61 Å². The average molecular weight is 231 g/mol. The van der Waals surface area contributed by atoms with Crippen LogP contribution in [0.1, 0.15) is 22.5 Å². The molecular formula is C13H13NO3. The summed E-state index contributed by atoms with van der Waals surface area (Å²) in [5.74, 6) is -0.00974. The zero-order valence-electron chi connectivity index (χ0n) is 9.56. The minimum Gasteiger partial charge on any atom is -0.493 e. The first-order valence-electron chi connectivity index (χ1n) is 5.65. The molecule has 1 aliphatic heterocycles. The van der Waals surface area contributed by atoms with E-state index < -0.39 is 5.97 Å². The number of ether oxygens (including phenoxy) is 1. The quantitative estimate of drug-likeness (QED) is 0.818. The van der Waals surface area contributed by atoms with Crippen molar-refractivity contribution in [2.45, 2.75) is 12.8 Å². The van der Waals surface area contributed by atoms with Crippen molar-refractivity contribution in [3.63, 3.8) is 0 Å². The van der Waals surface area contributed by atoms with Crippen LogP contribution in [0.15, 0.2) is 18.2 Å². The Balaban J connectivity index is 2.27. The number of rotatable bonds is 1. The number of aromatic nitrogens is 1. The SMILES string of the molecule is Cn1c(C(=O)O)cc2cc3c(cc21)OCCC3. The molecule has 0 saturated carbocycles. The van der Waals surface area contributed by atoms with Gasteiger partial charge in [-0.25, -0.2) is 4.79 Å². The van der Waals surface area contributed by atoms with Crippen molar-refractivity contribution in [1.29, 1.82) is 0 Å². The van der Waals surface area contributed by atoms with E-state index in [1.54, 1.807) is 17.7 Å². The lowest BCUT2D eigenvalue weighted by Crippen LogP contribution is -2.08. The van der Waals surface area contributed by atoms with Crippen LogP contribution in [0.4, 0.5) is 0 Å². The molecule has 0 saturated heterocycles. The molecule has 2 aromatic rings. The molecule has 88 valence electrons. The van der Waals surface area contributed by atoms with Gasteiger partial charge in [-0.05, 0) is 30.5 Å². The van der Waals surface area contributed by atoms with Crippen molar-refractivity contribution in [3.05, 3.63) is 29.5 Å². The molecule has 4 nitrogen and oxygen atoms in total. The number of nitrogens with zero attached hydrogens (tertiary/aromatic N) is 1. The number of benzene rings is 1. The zero-order chi connectivity index (χ0) is 12.0. The first-order valence-corrected chi connectivity index (χ1v) is 5.65. The predicted molar refractivity (Wildman–Crippen MR) is 63.7 cm³/mol. The number of aryl methyl sites for hydroxylation is 2. The number of hydrogen-bond acceptors (Lipinski definition) is 2. The van der Waals surface area contributed by atoms with E-state index in [2.05, 4.69) is 0 Å². The second-order valence-electron chi connectivity index (χ2n) is 4.36. The lowest BCUT2D eigenvalue weighted by Gasteiger charge is -2.17. The van der Waals surface area contributed by atoms with Gasteiger partial charge in [-0.1, -0.05) is 0 Å². The highest BCUT2D eigenvalue weighted by Crippen LogP contribution is 2.31. The van der Waals surface area contributed by atoms with Crippen LogP contribution < -0.4 is 4.74 Å². The number of hydrogen-bond donors (Lipinski definition) is 1. The third kappa shape index (κ3) is 1.48. The van der Waals surface area contributed by atoms with Gasteiger partial charge in [0.25, 0.3) is 0 Å². The highest BCUT2D eigenvalue weighted by molar-refractivity contribution is 5.95. The van der Waals surface area contributed by atoms with Gasteiger partial charge in [0.2, 0.25) is 0 Å². The van der Waals surface area contributed by atoms with Gasteiger partial charge in [0.1, 0.15) is 11.4 Å². The van der Waals surface area contributed by atoms with Crippen LogP contribution >= 0.6 is 0 Å². The fourth-order valence-electron chi connectivity index (χ4n) is 2.39. The fourth-order valence-corrected chi connectivity index (χ4v) is 2.39. The van der Waals surface area contributed by atoms with Gasteiger partial charge in [0, 0.05) is 18.5 Å². The Hall–Kier alpha value is -1.97. The molecule has 1 aromatic carbocycles. The second-order valence-corrected chi connectivity index (χ2v) is 4.36. The van der Waals surface area contributed by atoms with E-state index in [4.69, 9.17) is 9.84 Å². The monoisotopic (exact) mass is 231 g/mol. The van der Waals surface area contributed by atoms with Crippen LogP contribution in [0.2, 0.25) is 0 Å². The molecule has 0 fully saturated rings. The van der Waals surface area contributed by atoms with Gasteiger partial charge in [0.05, 0.1) is 12.1 Å². The van der Waals surface area contributed by atoms with Crippen molar-refractivity contribution >= 4 is 16.9 Å². The van der Waals surface area contributed by atoms with E-state index in [0.717, 1.165) is 36.1 Å². The number of carbonyl (C=O) groups is 1. The molecule has 17 heavy (non-hydrogen) atoms. The van der Waals surface area contributed by atoms with Crippen molar-refractivity contribution < 1.29 is 14.6 Å². The summed E-state index contributed by atoms with van der Waals surface area (Å²) in [6, 6.07) is 5.69. The summed E-state index contributed by atoms with van der Waals surface area (Å²) in [5, 5.41) is 10.0. The number of aromatic carboxylic acids is 1. The summed E-state index contributed by atoms with van der Waals surface area (Å²) < 4.78 is 7.29. The summed E-state index contributed by atoms with van der Waals surface area (Å²) in [5.41, 5.74) is 2.39. The van der Waals surface area contributed by atoms with Gasteiger partial charge >= 0.3 is 5.97 Å². The predicted octanol–water partition coefficient (Wildman–Crippen LogP) is 2.20. The van der Waals surface area contributed by atoms with Crippen LogP contribution in [-0.4, -0.2) is 22.2 Å². The topological polar surface area (TPSA) is 51.5 Å². The number of carboxylic acid groups (broad SMARTS) is 1. The smallest absolute Gasteiger partial charge is 0.352 e. The third-order valence-electron chi connectivity index (χ3n) is 3.29. The molecule has 2 heterocycles. The van der Waals surface area contributed by atoms with Crippen molar-refractivity contribution in [1.82, 2.24) is 4.57 Å². The minimum absolute atomic E-state index is 0.308. The van der Waals surface area contributed by atoms with E-state index >= 15 is 0 Å². The van der Waals surface area contributed by atoms with Gasteiger partial charge in [-0.15, -0.1) is 0 Å². The van der Waals surface area contributed by atoms with Crippen molar-refractivity contribution in [2.24, 2.45) is 7.05 Å². The first-order chi connectivity index (χ1) is 8.16. The van der Waals surface area contributed by atoms with Crippen molar-refractivity contribution in [3.8, 4) is 5.75 Å². The molecule has 1 N–H and O–H groups in total. The highest BCUT2D eigenvalue weighted by Gasteiger charge is 2.16. The van der Waals surface area contributed by atoms with E-state index in [0.29, 0.717) is 5.69 Å². The van der Waals surface area contributed by atoms with Crippen LogP contribution in [0.5, 0.6) is 5.75 Å². The molecule has 0 bridgehead atoms. The Bertz CT molecular complexity index is 613. The standard InChI is InChI=1S/C13H13NO3/c1-14-10-7-12-8(3-2-4-17-12)5-9(10)6-11(14)13(15)16/h5-7H,2-4H2,1H3,(H,15,16). The summed E-state index contributed by atoms with van der Waals surface area (Å²) in [6.07, 6.45) is 2.03. The Morgan fingerprint density at radius 3 is 3.00 bits per heavy atom. The zero-order valence-corrected chi connectivity index (χ0v) is 9.56. The Morgan fingerprint density at radius 2 is 2.24 bits per heavy atom. The van der Waals surface area contributed by atoms with Crippen LogP contribution in [0.3, 0.4) is 0 Å². The lowest BCUT2D eigenvalue weighted by atomic mass is 10.0. The second kappa shape index (κ2) is 3.52. The largest absolute Gasteiger partial charge is 0.493 e. The van der Waals surface area contributed by atoms with Crippen LogP contribution in [0, 0.1) is 0 Å². The van der Waals surface area contributed by atoms with E-state index in [1.807, 2.05) is 12.1 Å².